The highest BCUT2D eigenvalue weighted by Crippen LogP contribution is 2.37. The molecule has 0 unspecified atom stereocenters. The Bertz CT molecular complexity index is 1830. The van der Waals surface area contributed by atoms with Gasteiger partial charge in [-0.1, -0.05) is 60.7 Å². The van der Waals surface area contributed by atoms with Crippen LogP contribution in [0.1, 0.15) is 11.1 Å². The number of pyridine rings is 3. The third-order valence-corrected chi connectivity index (χ3v) is 7.04. The number of methoxy groups -OCH3 is 1. The van der Waals surface area contributed by atoms with Gasteiger partial charge in [-0.3, -0.25) is 9.97 Å². The Hall–Kier alpha value is -5.21. The molecular weight excluding hydrogens is 526 g/mol. The predicted molar refractivity (Wildman–Crippen MR) is 166 cm³/mol. The minimum absolute atomic E-state index is 0.153. The number of hydrogen-bond donors (Lipinski definition) is 2. The van der Waals surface area contributed by atoms with E-state index in [9.17, 15) is 0 Å². The molecule has 0 aliphatic rings. The zero-order chi connectivity index (χ0) is 28.9. The highest BCUT2D eigenvalue weighted by Gasteiger charge is 2.15. The van der Waals surface area contributed by atoms with Gasteiger partial charge in [0.05, 0.1) is 24.5 Å². The van der Waals surface area contributed by atoms with E-state index in [1.807, 2.05) is 72.8 Å². The Kier molecular flexibility index (Phi) is 7.79. The van der Waals surface area contributed by atoms with Gasteiger partial charge in [-0.15, -0.1) is 0 Å². The molecule has 8 nitrogen and oxygen atoms in total. The molecule has 3 aromatic carbocycles. The van der Waals surface area contributed by atoms with Gasteiger partial charge >= 0.3 is 0 Å². The first-order chi connectivity index (χ1) is 20.6. The second-order valence-corrected chi connectivity index (χ2v) is 10.1. The lowest BCUT2D eigenvalue weighted by Gasteiger charge is -2.15. The molecule has 4 N–H and O–H groups in total. The molecule has 8 heteroatoms. The Labute approximate surface area is 243 Å². The van der Waals surface area contributed by atoms with Crippen molar-refractivity contribution in [2.45, 2.75) is 19.1 Å². The molecule has 210 valence electrons. The van der Waals surface area contributed by atoms with Crippen LogP contribution in [-0.4, -0.2) is 34.7 Å². The van der Waals surface area contributed by atoms with Gasteiger partial charge in [-0.25, -0.2) is 4.98 Å². The van der Waals surface area contributed by atoms with Crippen molar-refractivity contribution < 1.29 is 14.2 Å². The number of fused-ring (bicyclic) bond motifs is 3. The number of nitrogen functional groups attached to an aromatic ring is 1. The van der Waals surface area contributed by atoms with Crippen molar-refractivity contribution in [3.8, 4) is 28.5 Å². The normalized spacial score (nSPS) is 11.9. The summed E-state index contributed by atoms with van der Waals surface area (Å²) in [5.41, 5.74) is 17.2. The Morgan fingerprint density at radius 3 is 2.29 bits per heavy atom. The summed E-state index contributed by atoms with van der Waals surface area (Å²) in [7, 11) is 1.62. The molecule has 42 heavy (non-hydrogen) atoms. The van der Waals surface area contributed by atoms with Crippen molar-refractivity contribution in [3.05, 3.63) is 115 Å². The topological polar surface area (TPSA) is 118 Å². The van der Waals surface area contributed by atoms with Crippen molar-refractivity contribution in [2.75, 3.05) is 19.5 Å². The lowest BCUT2D eigenvalue weighted by Crippen LogP contribution is -2.30. The zero-order valence-electron chi connectivity index (χ0n) is 23.2. The number of aromatic nitrogens is 3. The van der Waals surface area contributed by atoms with Gasteiger partial charge in [-0.05, 0) is 41.1 Å². The average molecular weight is 558 g/mol. The predicted octanol–water partition coefficient (Wildman–Crippen LogP) is 5.96. The summed E-state index contributed by atoms with van der Waals surface area (Å²) in [4.78, 5) is 13.7. The van der Waals surface area contributed by atoms with Gasteiger partial charge in [-0.2, -0.15) is 0 Å². The van der Waals surface area contributed by atoms with Crippen molar-refractivity contribution in [2.24, 2.45) is 5.73 Å². The molecule has 0 bridgehead atoms. The summed E-state index contributed by atoms with van der Waals surface area (Å²) in [5.74, 6) is 2.20. The van der Waals surface area contributed by atoms with Gasteiger partial charge in [0.25, 0.3) is 0 Å². The van der Waals surface area contributed by atoms with E-state index in [1.165, 1.54) is 5.56 Å². The summed E-state index contributed by atoms with van der Waals surface area (Å²) in [6.45, 7) is 0.764. The number of benzene rings is 3. The summed E-state index contributed by atoms with van der Waals surface area (Å²) in [6, 6.07) is 27.7. The van der Waals surface area contributed by atoms with E-state index in [1.54, 1.807) is 25.7 Å². The van der Waals surface area contributed by atoms with E-state index in [4.69, 9.17) is 25.7 Å². The minimum atomic E-state index is -0.153. The molecule has 0 spiro atoms. The highest BCUT2D eigenvalue weighted by atomic mass is 16.5. The number of rotatable bonds is 10. The molecule has 6 aromatic rings. The maximum absolute atomic E-state index is 6.45. The fourth-order valence-corrected chi connectivity index (χ4v) is 4.91. The van der Waals surface area contributed by atoms with E-state index < -0.39 is 0 Å². The van der Waals surface area contributed by atoms with E-state index >= 15 is 0 Å². The van der Waals surface area contributed by atoms with Crippen molar-refractivity contribution in [1.82, 2.24) is 15.0 Å². The van der Waals surface area contributed by atoms with Crippen LogP contribution in [0.3, 0.4) is 0 Å². The van der Waals surface area contributed by atoms with Crippen molar-refractivity contribution >= 4 is 27.5 Å². The molecular formula is C34H31N5O3. The maximum Gasteiger partial charge on any atom is 0.162 e. The third-order valence-electron chi connectivity index (χ3n) is 7.04. The second kappa shape index (κ2) is 12.1. The fourth-order valence-electron chi connectivity index (χ4n) is 4.91. The van der Waals surface area contributed by atoms with Crippen LogP contribution in [0.4, 0.5) is 5.82 Å². The SMILES string of the molecule is COc1cc2ncc3c(N)nc(-c4cncc(OC[C@@H](N)Cc5ccccc5)c4)cc3c2cc1OCc1ccccc1. The fraction of sp³-hybridized carbons (Fsp3) is 0.147. The van der Waals surface area contributed by atoms with Crippen LogP contribution in [0.2, 0.25) is 0 Å². The molecule has 0 aliphatic heterocycles. The van der Waals surface area contributed by atoms with Crippen molar-refractivity contribution in [1.29, 1.82) is 0 Å². The Morgan fingerprint density at radius 2 is 1.52 bits per heavy atom. The molecule has 0 radical (unpaired) electrons. The van der Waals surface area contributed by atoms with Crippen LogP contribution in [0, 0.1) is 0 Å². The third kappa shape index (κ3) is 5.94. The molecule has 0 amide bonds. The molecule has 0 saturated heterocycles. The monoisotopic (exact) mass is 557 g/mol. The summed E-state index contributed by atoms with van der Waals surface area (Å²) in [6.07, 6.45) is 5.87. The minimum Gasteiger partial charge on any atom is -0.493 e. The van der Waals surface area contributed by atoms with Gasteiger partial charge in [0.15, 0.2) is 11.5 Å². The molecule has 0 saturated carbocycles. The van der Waals surface area contributed by atoms with E-state index in [-0.39, 0.29) is 6.04 Å². The second-order valence-electron chi connectivity index (χ2n) is 10.1. The summed E-state index contributed by atoms with van der Waals surface area (Å²) < 4.78 is 17.8. The van der Waals surface area contributed by atoms with Crippen LogP contribution in [-0.2, 0) is 13.0 Å². The first-order valence-electron chi connectivity index (χ1n) is 13.7. The summed E-state index contributed by atoms with van der Waals surface area (Å²) in [5, 5.41) is 2.52. The standard InChI is InChI=1S/C34H31N5O3/c1-40-32-16-31-28(15-33(32)42-20-23-10-6-3-7-11-23)27-14-30(39-34(36)29(27)19-38-31)24-13-26(18-37-17-24)41-21-25(35)12-22-8-4-2-5-9-22/h2-11,13-19,25H,12,20-21,35H2,1H3,(H2,36,39)/t25-/m0/s1. The number of anilines is 1. The first kappa shape index (κ1) is 27.0. The number of nitrogens with two attached hydrogens (primary N) is 2. The van der Waals surface area contributed by atoms with Gasteiger partial charge in [0.1, 0.15) is 24.8 Å². The molecule has 3 heterocycles. The quantitative estimate of drug-likeness (QED) is 0.198. The van der Waals surface area contributed by atoms with Crippen LogP contribution in [0.15, 0.2) is 104 Å². The van der Waals surface area contributed by atoms with Gasteiger partial charge in [0, 0.05) is 40.8 Å². The largest absolute Gasteiger partial charge is 0.493 e. The number of ether oxygens (including phenoxy) is 3. The average Bonchev–Trinajstić information content (AvgIpc) is 3.03. The van der Waals surface area contributed by atoms with Crippen molar-refractivity contribution in [3.63, 3.8) is 0 Å². The number of hydrogen-bond acceptors (Lipinski definition) is 8. The summed E-state index contributed by atoms with van der Waals surface area (Å²) >= 11 is 0. The molecule has 0 fully saturated rings. The molecule has 0 aliphatic carbocycles. The van der Waals surface area contributed by atoms with Gasteiger partial charge < -0.3 is 25.7 Å². The van der Waals surface area contributed by atoms with E-state index in [0.29, 0.717) is 42.0 Å². The van der Waals surface area contributed by atoms with Crippen LogP contribution >= 0.6 is 0 Å². The van der Waals surface area contributed by atoms with Gasteiger partial charge in [0.2, 0.25) is 0 Å². The lowest BCUT2D eigenvalue weighted by molar-refractivity contribution is 0.285. The van der Waals surface area contributed by atoms with Crippen LogP contribution < -0.4 is 25.7 Å². The van der Waals surface area contributed by atoms with Crippen LogP contribution in [0.5, 0.6) is 17.2 Å². The van der Waals surface area contributed by atoms with Crippen LogP contribution in [0.25, 0.3) is 32.9 Å². The zero-order valence-corrected chi connectivity index (χ0v) is 23.2. The number of nitrogens with zero attached hydrogens (tertiary/aromatic N) is 3. The molecule has 3 aromatic heterocycles. The molecule has 6 rings (SSSR count). The maximum atomic E-state index is 6.45. The smallest absolute Gasteiger partial charge is 0.162 e. The van der Waals surface area contributed by atoms with E-state index in [2.05, 4.69) is 27.1 Å². The lowest BCUT2D eigenvalue weighted by atomic mass is 10.0. The Balaban J connectivity index is 1.30. The van der Waals surface area contributed by atoms with E-state index in [0.717, 1.165) is 39.2 Å². The highest BCUT2D eigenvalue weighted by molar-refractivity contribution is 6.10. The Morgan fingerprint density at radius 1 is 0.762 bits per heavy atom. The molecule has 1 atom stereocenters. The first-order valence-corrected chi connectivity index (χ1v) is 13.7.